The van der Waals surface area contributed by atoms with Crippen molar-refractivity contribution in [3.63, 3.8) is 0 Å². The highest BCUT2D eigenvalue weighted by atomic mass is 32.1. The minimum absolute atomic E-state index is 0.0585. The van der Waals surface area contributed by atoms with Gasteiger partial charge in [0, 0.05) is 0 Å². The van der Waals surface area contributed by atoms with Crippen LogP contribution in [-0.4, -0.2) is 15.0 Å². The number of fused-ring (bicyclic) bond motifs is 1. The van der Waals surface area contributed by atoms with E-state index in [-0.39, 0.29) is 5.56 Å². The second-order valence-electron chi connectivity index (χ2n) is 5.58. The lowest BCUT2D eigenvalue weighted by molar-refractivity contribution is -0.152. The van der Waals surface area contributed by atoms with Gasteiger partial charge in [0.05, 0.1) is 22.0 Å². The van der Waals surface area contributed by atoms with Crippen LogP contribution in [0.1, 0.15) is 32.1 Å². The topological polar surface area (TPSA) is 59.3 Å². The number of benzene rings is 1. The summed E-state index contributed by atoms with van der Waals surface area (Å²) in [5, 5.41) is 10.3. The quantitative estimate of drug-likeness (QED) is 0.945. The van der Waals surface area contributed by atoms with E-state index >= 15 is 0 Å². The zero-order valence-electron chi connectivity index (χ0n) is 11.2. The number of carboxylic acid groups (broad SMARTS) is 1. The van der Waals surface area contributed by atoms with Gasteiger partial charge in [-0.2, -0.15) is 0 Å². The minimum Gasteiger partial charge on any atom is -0.481 e. The Morgan fingerprint density at radius 3 is 2.60 bits per heavy atom. The molecular weight excluding hydrogens is 274 g/mol. The zero-order valence-corrected chi connectivity index (χ0v) is 12.0. The first-order valence-electron chi connectivity index (χ1n) is 6.95. The molecule has 1 heterocycles. The normalized spacial score (nSPS) is 18.2. The van der Waals surface area contributed by atoms with Crippen LogP contribution in [0.5, 0.6) is 0 Å². The molecule has 1 N–H and O–H groups in total. The molecule has 106 valence electrons. The Morgan fingerprint density at radius 2 is 1.95 bits per heavy atom. The molecule has 1 aromatic heterocycles. The summed E-state index contributed by atoms with van der Waals surface area (Å²) in [4.78, 5) is 24.0. The van der Waals surface area contributed by atoms with Gasteiger partial charge in [-0.25, -0.2) is 0 Å². The lowest BCUT2D eigenvalue weighted by atomic mass is 9.74. The summed E-state index contributed by atoms with van der Waals surface area (Å²) >= 11 is 1.37. The third-order valence-electron chi connectivity index (χ3n) is 4.26. The molecule has 0 amide bonds. The third kappa shape index (κ3) is 2.16. The SMILES string of the molecule is O=C(O)C1(Cn2sc3ccccc3c2=O)CCCCC1. The molecule has 1 saturated carbocycles. The smallest absolute Gasteiger partial charge is 0.311 e. The molecule has 0 unspecified atom stereocenters. The van der Waals surface area contributed by atoms with Crippen LogP contribution in [-0.2, 0) is 11.3 Å². The highest BCUT2D eigenvalue weighted by molar-refractivity contribution is 7.13. The van der Waals surface area contributed by atoms with E-state index in [1.54, 1.807) is 10.0 Å². The monoisotopic (exact) mass is 291 g/mol. The van der Waals surface area contributed by atoms with Crippen LogP contribution in [0.3, 0.4) is 0 Å². The van der Waals surface area contributed by atoms with E-state index in [9.17, 15) is 14.7 Å². The molecule has 1 fully saturated rings. The fourth-order valence-corrected chi connectivity index (χ4v) is 4.19. The molecule has 1 aliphatic rings. The number of aliphatic carboxylic acids is 1. The molecule has 0 saturated heterocycles. The van der Waals surface area contributed by atoms with Crippen molar-refractivity contribution in [2.24, 2.45) is 5.41 Å². The van der Waals surface area contributed by atoms with Gasteiger partial charge in [-0.3, -0.25) is 13.5 Å². The Labute approximate surface area is 120 Å². The largest absolute Gasteiger partial charge is 0.481 e. The number of carboxylic acids is 1. The van der Waals surface area contributed by atoms with E-state index < -0.39 is 11.4 Å². The molecule has 3 rings (SSSR count). The van der Waals surface area contributed by atoms with Gasteiger partial charge in [-0.05, 0) is 25.0 Å². The first-order chi connectivity index (χ1) is 9.62. The Kier molecular flexibility index (Phi) is 3.38. The third-order valence-corrected chi connectivity index (χ3v) is 5.33. The molecular formula is C15H17NO3S. The predicted octanol–water partition coefficient (Wildman–Crippen LogP) is 3.10. The molecule has 0 bridgehead atoms. The number of aromatic nitrogens is 1. The van der Waals surface area contributed by atoms with Crippen LogP contribution in [0.2, 0.25) is 0 Å². The molecule has 5 heteroatoms. The predicted molar refractivity (Wildman–Crippen MR) is 79.2 cm³/mol. The molecule has 1 aromatic carbocycles. The maximum Gasteiger partial charge on any atom is 0.311 e. The summed E-state index contributed by atoms with van der Waals surface area (Å²) in [6.45, 7) is 0.306. The summed E-state index contributed by atoms with van der Waals surface area (Å²) in [5.41, 5.74) is -0.819. The van der Waals surface area contributed by atoms with Crippen molar-refractivity contribution in [2.45, 2.75) is 38.6 Å². The van der Waals surface area contributed by atoms with Crippen molar-refractivity contribution in [1.82, 2.24) is 3.96 Å². The molecule has 1 aliphatic carbocycles. The van der Waals surface area contributed by atoms with E-state index in [0.29, 0.717) is 24.8 Å². The molecule has 0 aliphatic heterocycles. The number of carbonyl (C=O) groups is 1. The lowest BCUT2D eigenvalue weighted by Crippen LogP contribution is -2.39. The van der Waals surface area contributed by atoms with Gasteiger partial charge in [0.25, 0.3) is 5.56 Å². The fourth-order valence-electron chi connectivity index (χ4n) is 3.06. The van der Waals surface area contributed by atoms with Crippen molar-refractivity contribution < 1.29 is 9.90 Å². The van der Waals surface area contributed by atoms with Crippen LogP contribution >= 0.6 is 11.5 Å². The van der Waals surface area contributed by atoms with Gasteiger partial charge < -0.3 is 5.11 Å². The summed E-state index contributed by atoms with van der Waals surface area (Å²) in [6.07, 6.45) is 4.31. The second-order valence-corrected chi connectivity index (χ2v) is 6.64. The van der Waals surface area contributed by atoms with Crippen molar-refractivity contribution in [2.75, 3.05) is 0 Å². The molecule has 2 aromatic rings. The molecule has 0 spiro atoms. The van der Waals surface area contributed by atoms with Crippen LogP contribution in [0.15, 0.2) is 29.1 Å². The minimum atomic E-state index is -0.762. The summed E-state index contributed by atoms with van der Waals surface area (Å²) in [5.74, 6) is -0.762. The van der Waals surface area contributed by atoms with Gasteiger partial charge in [0.2, 0.25) is 0 Å². The van der Waals surface area contributed by atoms with Crippen LogP contribution in [0, 0.1) is 5.41 Å². The van der Waals surface area contributed by atoms with Gasteiger partial charge in [0.15, 0.2) is 0 Å². The van der Waals surface area contributed by atoms with Gasteiger partial charge >= 0.3 is 5.97 Å². The zero-order chi connectivity index (χ0) is 14.2. The van der Waals surface area contributed by atoms with Gasteiger partial charge in [0.1, 0.15) is 0 Å². The summed E-state index contributed by atoms with van der Waals surface area (Å²) in [6, 6.07) is 7.45. The van der Waals surface area contributed by atoms with Crippen molar-refractivity contribution in [1.29, 1.82) is 0 Å². The van der Waals surface area contributed by atoms with E-state index in [0.717, 1.165) is 24.0 Å². The van der Waals surface area contributed by atoms with Crippen molar-refractivity contribution >= 4 is 27.6 Å². The number of hydrogen-bond donors (Lipinski definition) is 1. The average Bonchev–Trinajstić information content (AvgIpc) is 2.77. The Balaban J connectivity index is 2.00. The first-order valence-corrected chi connectivity index (χ1v) is 7.72. The summed E-state index contributed by atoms with van der Waals surface area (Å²) < 4.78 is 2.55. The molecule has 4 nitrogen and oxygen atoms in total. The average molecular weight is 291 g/mol. The maximum atomic E-state index is 12.3. The van der Waals surface area contributed by atoms with E-state index in [1.807, 2.05) is 18.2 Å². The van der Waals surface area contributed by atoms with Crippen molar-refractivity contribution in [3.05, 3.63) is 34.6 Å². The van der Waals surface area contributed by atoms with Crippen LogP contribution in [0.25, 0.3) is 10.1 Å². The summed E-state index contributed by atoms with van der Waals surface area (Å²) in [7, 11) is 0. The van der Waals surface area contributed by atoms with Gasteiger partial charge in [-0.15, -0.1) is 0 Å². The first kappa shape index (κ1) is 13.4. The second kappa shape index (κ2) is 5.05. The van der Waals surface area contributed by atoms with Crippen molar-refractivity contribution in [3.8, 4) is 0 Å². The van der Waals surface area contributed by atoms with Crippen LogP contribution in [0.4, 0.5) is 0 Å². The fraction of sp³-hybridized carbons (Fsp3) is 0.467. The number of nitrogens with zero attached hydrogens (tertiary/aromatic N) is 1. The van der Waals surface area contributed by atoms with E-state index in [4.69, 9.17) is 0 Å². The van der Waals surface area contributed by atoms with Crippen LogP contribution < -0.4 is 5.56 Å². The Bertz CT molecular complexity index is 694. The Morgan fingerprint density at radius 1 is 1.25 bits per heavy atom. The number of rotatable bonds is 3. The molecule has 0 radical (unpaired) electrons. The Hall–Kier alpha value is -1.62. The van der Waals surface area contributed by atoms with E-state index in [1.165, 1.54) is 11.5 Å². The van der Waals surface area contributed by atoms with Gasteiger partial charge in [-0.1, -0.05) is 42.9 Å². The van der Waals surface area contributed by atoms with E-state index in [2.05, 4.69) is 0 Å². The number of hydrogen-bond acceptors (Lipinski definition) is 3. The standard InChI is InChI=1S/C15H17NO3S/c17-13-11-6-2-3-7-12(11)20-16(13)10-15(14(18)19)8-4-1-5-9-15/h2-3,6-7H,1,4-5,8-10H2,(H,18,19). The lowest BCUT2D eigenvalue weighted by Gasteiger charge is -2.32. The highest BCUT2D eigenvalue weighted by Gasteiger charge is 2.40. The highest BCUT2D eigenvalue weighted by Crippen LogP contribution is 2.38. The molecule has 20 heavy (non-hydrogen) atoms. The molecule has 0 atom stereocenters. The maximum absolute atomic E-state index is 12.3.